The first-order chi connectivity index (χ1) is 15.0. The molecular weight excluding hydrogens is 390 g/mol. The number of aromatic nitrogens is 1. The molecule has 0 radical (unpaired) electrons. The zero-order valence-electron chi connectivity index (χ0n) is 18.3. The maximum Gasteiger partial charge on any atom is 0.247 e. The molecule has 6 nitrogen and oxygen atoms in total. The molecule has 2 aromatic heterocycles. The number of amides is 2. The molecule has 0 aliphatic carbocycles. The van der Waals surface area contributed by atoms with Crippen LogP contribution in [0.25, 0.3) is 5.69 Å². The largest absolute Gasteiger partial charge is 0.467 e. The highest BCUT2D eigenvalue weighted by Gasteiger charge is 2.38. The lowest BCUT2D eigenvalue weighted by Crippen LogP contribution is -2.48. The summed E-state index contributed by atoms with van der Waals surface area (Å²) in [5.74, 6) is 0.587. The van der Waals surface area contributed by atoms with Crippen molar-refractivity contribution in [2.24, 2.45) is 0 Å². The third-order valence-electron chi connectivity index (χ3n) is 5.79. The summed E-state index contributed by atoms with van der Waals surface area (Å²) in [5, 5.41) is 0. The molecule has 3 aromatic rings. The molecular formula is C25H29N3O3. The van der Waals surface area contributed by atoms with E-state index < -0.39 is 6.04 Å². The molecule has 0 fully saturated rings. The summed E-state index contributed by atoms with van der Waals surface area (Å²) in [7, 11) is 0. The molecule has 1 atom stereocenters. The fourth-order valence-corrected chi connectivity index (χ4v) is 4.23. The Hall–Kier alpha value is -3.28. The number of hydrogen-bond acceptors (Lipinski definition) is 3. The first-order valence-corrected chi connectivity index (χ1v) is 10.9. The van der Waals surface area contributed by atoms with Crippen molar-refractivity contribution in [3.63, 3.8) is 0 Å². The highest BCUT2D eigenvalue weighted by atomic mass is 16.3. The van der Waals surface area contributed by atoms with E-state index in [0.717, 1.165) is 29.9 Å². The predicted molar refractivity (Wildman–Crippen MR) is 120 cm³/mol. The van der Waals surface area contributed by atoms with Crippen LogP contribution in [0, 0.1) is 0 Å². The molecule has 0 saturated heterocycles. The van der Waals surface area contributed by atoms with Gasteiger partial charge in [-0.25, -0.2) is 0 Å². The fourth-order valence-electron chi connectivity index (χ4n) is 4.23. The number of furan rings is 1. The molecule has 4 rings (SSSR count). The molecule has 31 heavy (non-hydrogen) atoms. The Balaban J connectivity index is 1.74. The number of hydrogen-bond donors (Lipinski definition) is 0. The Morgan fingerprint density at radius 3 is 2.52 bits per heavy atom. The van der Waals surface area contributed by atoms with Crippen molar-refractivity contribution in [1.82, 2.24) is 9.47 Å². The topological polar surface area (TPSA) is 58.7 Å². The first-order valence-electron chi connectivity index (χ1n) is 10.9. The molecule has 2 amide bonds. The predicted octanol–water partition coefficient (Wildman–Crippen LogP) is 4.93. The van der Waals surface area contributed by atoms with E-state index in [9.17, 15) is 9.59 Å². The molecule has 6 heteroatoms. The van der Waals surface area contributed by atoms with Gasteiger partial charge in [-0.2, -0.15) is 0 Å². The van der Waals surface area contributed by atoms with Crippen molar-refractivity contribution < 1.29 is 14.0 Å². The van der Waals surface area contributed by atoms with Crippen LogP contribution in [0.1, 0.15) is 57.5 Å². The Morgan fingerprint density at radius 2 is 1.84 bits per heavy atom. The standard InChI is InChI=1S/C25H29N3O3/c1-4-5-14-23(29)27(18(2)3)17-24(30)28-20-11-7-6-10-19(20)26-15-8-12-21(26)25(28)22-13-9-16-31-22/h6-13,15-16,18,25H,4-5,14,17H2,1-3H3. The van der Waals surface area contributed by atoms with Gasteiger partial charge in [-0.1, -0.05) is 25.5 Å². The van der Waals surface area contributed by atoms with Crippen LogP contribution >= 0.6 is 0 Å². The fraction of sp³-hybridized carbons (Fsp3) is 0.360. The van der Waals surface area contributed by atoms with Crippen LogP contribution in [0.15, 0.2) is 65.4 Å². The monoisotopic (exact) mass is 419 g/mol. The van der Waals surface area contributed by atoms with E-state index in [0.29, 0.717) is 12.2 Å². The van der Waals surface area contributed by atoms with E-state index in [2.05, 4.69) is 11.5 Å². The van der Waals surface area contributed by atoms with Crippen LogP contribution in [0.4, 0.5) is 5.69 Å². The number of fused-ring (bicyclic) bond motifs is 3. The molecule has 0 bridgehead atoms. The van der Waals surface area contributed by atoms with Gasteiger partial charge in [-0.05, 0) is 56.7 Å². The van der Waals surface area contributed by atoms with Gasteiger partial charge in [0.05, 0.1) is 23.3 Å². The summed E-state index contributed by atoms with van der Waals surface area (Å²) in [6.45, 7) is 6.01. The minimum atomic E-state index is -0.396. The summed E-state index contributed by atoms with van der Waals surface area (Å²) in [5.41, 5.74) is 2.70. The Labute approximate surface area is 183 Å². The third kappa shape index (κ3) is 3.90. The van der Waals surface area contributed by atoms with Gasteiger partial charge in [0.2, 0.25) is 11.8 Å². The number of carbonyl (C=O) groups excluding carboxylic acids is 2. The average Bonchev–Trinajstić information content (AvgIpc) is 3.46. The summed E-state index contributed by atoms with van der Waals surface area (Å²) >= 11 is 0. The minimum absolute atomic E-state index is 0.0217. The van der Waals surface area contributed by atoms with Crippen LogP contribution in [0.3, 0.4) is 0 Å². The van der Waals surface area contributed by atoms with E-state index in [1.54, 1.807) is 16.1 Å². The number of rotatable bonds is 7. The smallest absolute Gasteiger partial charge is 0.247 e. The number of benzene rings is 1. The third-order valence-corrected chi connectivity index (χ3v) is 5.79. The van der Waals surface area contributed by atoms with E-state index in [1.807, 2.05) is 68.6 Å². The Morgan fingerprint density at radius 1 is 1.06 bits per heavy atom. The number of anilines is 1. The van der Waals surface area contributed by atoms with Crippen LogP contribution in [-0.2, 0) is 9.59 Å². The summed E-state index contributed by atoms with van der Waals surface area (Å²) in [6.07, 6.45) is 5.86. The number of unbranched alkanes of at least 4 members (excludes halogenated alkanes) is 1. The quantitative estimate of drug-likeness (QED) is 0.545. The SMILES string of the molecule is CCCCC(=O)N(CC(=O)N1c2ccccc2-n2cccc2C1c1ccco1)C(C)C. The second-order valence-corrected chi connectivity index (χ2v) is 8.19. The van der Waals surface area contributed by atoms with Gasteiger partial charge in [-0.15, -0.1) is 0 Å². The van der Waals surface area contributed by atoms with Crippen molar-refractivity contribution in [2.75, 3.05) is 11.4 Å². The summed E-state index contributed by atoms with van der Waals surface area (Å²) < 4.78 is 7.86. The molecule has 1 unspecified atom stereocenters. The molecule has 1 aliphatic heterocycles. The van der Waals surface area contributed by atoms with Crippen molar-refractivity contribution >= 4 is 17.5 Å². The molecule has 1 aromatic carbocycles. The van der Waals surface area contributed by atoms with Gasteiger partial charge >= 0.3 is 0 Å². The number of carbonyl (C=O) groups is 2. The maximum absolute atomic E-state index is 13.8. The molecule has 1 aliphatic rings. The van der Waals surface area contributed by atoms with Crippen LogP contribution in [0.2, 0.25) is 0 Å². The number of para-hydroxylation sites is 2. The van der Waals surface area contributed by atoms with Crippen LogP contribution < -0.4 is 4.90 Å². The Bertz CT molecular complexity index is 1050. The molecule has 0 N–H and O–H groups in total. The highest BCUT2D eigenvalue weighted by Crippen LogP contribution is 2.42. The Kier molecular flexibility index (Phi) is 5.98. The van der Waals surface area contributed by atoms with E-state index in [4.69, 9.17) is 4.42 Å². The van der Waals surface area contributed by atoms with Crippen molar-refractivity contribution in [3.8, 4) is 5.69 Å². The average molecular weight is 420 g/mol. The van der Waals surface area contributed by atoms with Gasteiger partial charge in [0.1, 0.15) is 18.3 Å². The van der Waals surface area contributed by atoms with E-state index in [-0.39, 0.29) is 24.4 Å². The van der Waals surface area contributed by atoms with Gasteiger partial charge in [-0.3, -0.25) is 14.5 Å². The maximum atomic E-state index is 13.8. The van der Waals surface area contributed by atoms with Crippen molar-refractivity contribution in [2.45, 2.75) is 52.1 Å². The molecule has 3 heterocycles. The lowest BCUT2D eigenvalue weighted by atomic mass is 10.0. The second kappa shape index (κ2) is 8.84. The zero-order chi connectivity index (χ0) is 22.0. The summed E-state index contributed by atoms with van der Waals surface area (Å²) in [4.78, 5) is 30.1. The lowest BCUT2D eigenvalue weighted by molar-refractivity contribution is -0.137. The lowest BCUT2D eigenvalue weighted by Gasteiger charge is -2.38. The molecule has 162 valence electrons. The van der Waals surface area contributed by atoms with Crippen LogP contribution in [-0.4, -0.2) is 33.9 Å². The minimum Gasteiger partial charge on any atom is -0.467 e. The highest BCUT2D eigenvalue weighted by molar-refractivity contribution is 6.00. The van der Waals surface area contributed by atoms with Crippen molar-refractivity contribution in [1.29, 1.82) is 0 Å². The summed E-state index contributed by atoms with van der Waals surface area (Å²) in [6, 6.07) is 15.1. The molecule has 0 saturated carbocycles. The van der Waals surface area contributed by atoms with E-state index >= 15 is 0 Å². The van der Waals surface area contributed by atoms with Gasteiger partial charge in [0, 0.05) is 18.7 Å². The normalized spacial score (nSPS) is 15.0. The van der Waals surface area contributed by atoms with Gasteiger partial charge in [0.25, 0.3) is 0 Å². The second-order valence-electron chi connectivity index (χ2n) is 8.19. The van der Waals surface area contributed by atoms with Gasteiger partial charge in [0.15, 0.2) is 0 Å². The van der Waals surface area contributed by atoms with E-state index in [1.165, 1.54) is 0 Å². The van der Waals surface area contributed by atoms with Crippen molar-refractivity contribution in [3.05, 3.63) is 72.4 Å². The first kappa shape index (κ1) is 21.0. The number of nitrogens with zero attached hydrogens (tertiary/aromatic N) is 3. The van der Waals surface area contributed by atoms with Gasteiger partial charge < -0.3 is 13.9 Å². The van der Waals surface area contributed by atoms with Crippen LogP contribution in [0.5, 0.6) is 0 Å². The zero-order valence-corrected chi connectivity index (χ0v) is 18.3. The molecule has 0 spiro atoms.